The van der Waals surface area contributed by atoms with E-state index in [4.69, 9.17) is 9.47 Å². The zero-order valence-electron chi connectivity index (χ0n) is 11.1. The van der Waals surface area contributed by atoms with E-state index in [9.17, 15) is 0 Å². The molecule has 0 aliphatic heterocycles. The van der Waals surface area contributed by atoms with Crippen LogP contribution in [0.3, 0.4) is 0 Å². The highest BCUT2D eigenvalue weighted by molar-refractivity contribution is 4.95. The van der Waals surface area contributed by atoms with Gasteiger partial charge in [-0.1, -0.05) is 13.8 Å². The minimum Gasteiger partial charge on any atom is -0.379 e. The molecule has 2 fully saturated rings. The molecule has 5 atom stereocenters. The van der Waals surface area contributed by atoms with Crippen LogP contribution in [0.5, 0.6) is 0 Å². The third-order valence-corrected chi connectivity index (χ3v) is 4.94. The Morgan fingerprint density at radius 1 is 0.938 bits per heavy atom. The van der Waals surface area contributed by atoms with Gasteiger partial charge in [0.1, 0.15) is 0 Å². The number of methoxy groups -OCH3 is 2. The second-order valence-corrected chi connectivity index (χ2v) is 5.93. The predicted molar refractivity (Wildman–Crippen MR) is 65.4 cm³/mol. The van der Waals surface area contributed by atoms with Crippen LogP contribution < -0.4 is 0 Å². The first-order chi connectivity index (χ1) is 7.67. The molecule has 2 heteroatoms. The first-order valence-electron chi connectivity index (χ1n) is 6.73. The smallest absolute Gasteiger partial charge is 0.0835 e. The monoisotopic (exact) mass is 226 g/mol. The quantitative estimate of drug-likeness (QED) is 0.736. The summed E-state index contributed by atoms with van der Waals surface area (Å²) in [5.74, 6) is 3.52. The van der Waals surface area contributed by atoms with Crippen molar-refractivity contribution in [3.05, 3.63) is 0 Å². The number of rotatable bonds is 3. The van der Waals surface area contributed by atoms with Gasteiger partial charge in [-0.3, -0.25) is 0 Å². The minimum atomic E-state index is 0.325. The van der Waals surface area contributed by atoms with Crippen LogP contribution in [0.15, 0.2) is 0 Å². The van der Waals surface area contributed by atoms with Crippen LogP contribution >= 0.6 is 0 Å². The third-order valence-electron chi connectivity index (χ3n) is 4.94. The highest BCUT2D eigenvalue weighted by Gasteiger charge is 2.45. The van der Waals surface area contributed by atoms with Gasteiger partial charge in [-0.25, -0.2) is 0 Å². The van der Waals surface area contributed by atoms with Gasteiger partial charge in [0, 0.05) is 14.2 Å². The molecule has 2 aliphatic carbocycles. The molecule has 2 nitrogen and oxygen atoms in total. The van der Waals surface area contributed by atoms with Crippen molar-refractivity contribution in [3.8, 4) is 0 Å². The molecule has 0 spiro atoms. The molecule has 0 N–H and O–H groups in total. The van der Waals surface area contributed by atoms with Crippen molar-refractivity contribution in [1.29, 1.82) is 0 Å². The van der Waals surface area contributed by atoms with Crippen molar-refractivity contribution < 1.29 is 9.47 Å². The van der Waals surface area contributed by atoms with E-state index in [1.807, 2.05) is 14.2 Å². The average Bonchev–Trinajstić information content (AvgIpc) is 2.69. The number of hydrogen-bond donors (Lipinski definition) is 0. The van der Waals surface area contributed by atoms with Crippen LogP contribution in [0, 0.1) is 23.7 Å². The topological polar surface area (TPSA) is 18.5 Å². The molecule has 0 aromatic heterocycles. The van der Waals surface area contributed by atoms with Gasteiger partial charge in [-0.05, 0) is 49.4 Å². The van der Waals surface area contributed by atoms with Gasteiger partial charge in [-0.2, -0.15) is 0 Å². The summed E-state index contributed by atoms with van der Waals surface area (Å²) < 4.78 is 11.2. The summed E-state index contributed by atoms with van der Waals surface area (Å²) in [5, 5.41) is 0. The Morgan fingerprint density at radius 3 is 2.12 bits per heavy atom. The summed E-state index contributed by atoms with van der Waals surface area (Å²) in [6, 6.07) is 0. The zero-order chi connectivity index (χ0) is 11.7. The SMILES string of the molecule is COC1CC2CCC(C(C)C)C2CC1OC. The van der Waals surface area contributed by atoms with Crippen LogP contribution in [0.2, 0.25) is 0 Å². The Hall–Kier alpha value is -0.0800. The predicted octanol–water partition coefficient (Wildman–Crippen LogP) is 3.11. The van der Waals surface area contributed by atoms with Crippen molar-refractivity contribution in [2.24, 2.45) is 23.7 Å². The maximum Gasteiger partial charge on any atom is 0.0835 e. The lowest BCUT2D eigenvalue weighted by molar-refractivity contribution is -0.0884. The van der Waals surface area contributed by atoms with E-state index in [1.54, 1.807) is 0 Å². The second kappa shape index (κ2) is 5.05. The third kappa shape index (κ3) is 2.14. The number of hydrogen-bond acceptors (Lipinski definition) is 2. The first-order valence-corrected chi connectivity index (χ1v) is 6.73. The summed E-state index contributed by atoms with van der Waals surface area (Å²) in [5.41, 5.74) is 0. The second-order valence-electron chi connectivity index (χ2n) is 5.93. The molecule has 94 valence electrons. The first kappa shape index (κ1) is 12.4. The molecule has 0 saturated heterocycles. The van der Waals surface area contributed by atoms with Crippen molar-refractivity contribution in [2.75, 3.05) is 14.2 Å². The molecular formula is C14H26O2. The summed E-state index contributed by atoms with van der Waals surface area (Å²) >= 11 is 0. The van der Waals surface area contributed by atoms with Gasteiger partial charge in [0.25, 0.3) is 0 Å². The average molecular weight is 226 g/mol. The number of ether oxygens (including phenoxy) is 2. The summed E-state index contributed by atoms with van der Waals surface area (Å²) in [4.78, 5) is 0. The Balaban J connectivity index is 2.05. The maximum absolute atomic E-state index is 5.61. The van der Waals surface area contributed by atoms with Gasteiger partial charge < -0.3 is 9.47 Å². The molecule has 5 unspecified atom stereocenters. The van der Waals surface area contributed by atoms with Gasteiger partial charge in [0.2, 0.25) is 0 Å². The molecule has 2 aliphatic rings. The van der Waals surface area contributed by atoms with Crippen molar-refractivity contribution in [1.82, 2.24) is 0 Å². The van der Waals surface area contributed by atoms with Crippen molar-refractivity contribution in [3.63, 3.8) is 0 Å². The van der Waals surface area contributed by atoms with E-state index >= 15 is 0 Å². The van der Waals surface area contributed by atoms with Crippen LogP contribution in [-0.2, 0) is 9.47 Å². The van der Waals surface area contributed by atoms with Crippen LogP contribution in [0.1, 0.15) is 39.5 Å². The van der Waals surface area contributed by atoms with Gasteiger partial charge in [-0.15, -0.1) is 0 Å². The Bertz CT molecular complexity index is 227. The number of fused-ring (bicyclic) bond motifs is 1. The van der Waals surface area contributed by atoms with E-state index in [1.165, 1.54) is 25.7 Å². The van der Waals surface area contributed by atoms with E-state index in [-0.39, 0.29) is 0 Å². The molecule has 2 saturated carbocycles. The zero-order valence-corrected chi connectivity index (χ0v) is 11.1. The van der Waals surface area contributed by atoms with Gasteiger partial charge in [0.05, 0.1) is 12.2 Å². The van der Waals surface area contributed by atoms with Crippen molar-refractivity contribution in [2.45, 2.75) is 51.7 Å². The summed E-state index contributed by atoms with van der Waals surface area (Å²) in [6.45, 7) is 4.74. The van der Waals surface area contributed by atoms with E-state index in [2.05, 4.69) is 13.8 Å². The largest absolute Gasteiger partial charge is 0.379 e. The van der Waals surface area contributed by atoms with Gasteiger partial charge >= 0.3 is 0 Å². The standard InChI is InChI=1S/C14H26O2/c1-9(2)11-6-5-10-7-13(15-3)14(16-4)8-12(10)11/h9-14H,5-8H2,1-4H3. The highest BCUT2D eigenvalue weighted by Crippen LogP contribution is 2.49. The molecule has 0 aromatic carbocycles. The molecule has 0 bridgehead atoms. The fourth-order valence-corrected chi connectivity index (χ4v) is 4.04. The Labute approximate surface area is 99.7 Å². The lowest BCUT2D eigenvalue weighted by atomic mass is 9.72. The van der Waals surface area contributed by atoms with Crippen LogP contribution in [0.4, 0.5) is 0 Å². The fraction of sp³-hybridized carbons (Fsp3) is 1.00. The molecular weight excluding hydrogens is 200 g/mol. The Kier molecular flexibility index (Phi) is 3.91. The summed E-state index contributed by atoms with van der Waals surface area (Å²) in [7, 11) is 3.65. The minimum absolute atomic E-state index is 0.325. The lowest BCUT2D eigenvalue weighted by Gasteiger charge is -2.39. The molecule has 0 amide bonds. The van der Waals surface area contributed by atoms with E-state index < -0.39 is 0 Å². The van der Waals surface area contributed by atoms with Gasteiger partial charge in [0.15, 0.2) is 0 Å². The highest BCUT2D eigenvalue weighted by atomic mass is 16.5. The van der Waals surface area contributed by atoms with Crippen LogP contribution in [-0.4, -0.2) is 26.4 Å². The molecule has 2 rings (SSSR count). The lowest BCUT2D eigenvalue weighted by Crippen LogP contribution is -2.41. The van der Waals surface area contributed by atoms with Crippen LogP contribution in [0.25, 0.3) is 0 Å². The Morgan fingerprint density at radius 2 is 1.56 bits per heavy atom. The fourth-order valence-electron chi connectivity index (χ4n) is 4.04. The molecule has 0 radical (unpaired) electrons. The molecule has 0 aromatic rings. The van der Waals surface area contributed by atoms with E-state index in [0.29, 0.717) is 12.2 Å². The maximum atomic E-state index is 5.61. The molecule has 0 heterocycles. The van der Waals surface area contributed by atoms with Crippen molar-refractivity contribution >= 4 is 0 Å². The molecule has 16 heavy (non-hydrogen) atoms. The summed E-state index contributed by atoms with van der Waals surface area (Å²) in [6.07, 6.45) is 5.90. The van der Waals surface area contributed by atoms with E-state index in [0.717, 1.165) is 23.7 Å². The normalized spacial score (nSPS) is 43.7.